The van der Waals surface area contributed by atoms with E-state index in [2.05, 4.69) is 41.5 Å². The normalized spacial score (nSPS) is 11.1. The Kier molecular flexibility index (Phi) is 9.29. The van der Waals surface area contributed by atoms with Crippen LogP contribution < -0.4 is 14.2 Å². The Labute approximate surface area is 213 Å². The predicted octanol–water partition coefficient (Wildman–Crippen LogP) is 8.22. The summed E-state index contributed by atoms with van der Waals surface area (Å²) in [7, 11) is 0. The summed E-state index contributed by atoms with van der Waals surface area (Å²) in [6.07, 6.45) is -2.01. The zero-order valence-corrected chi connectivity index (χ0v) is 22.3. The average molecular weight is 493 g/mol. The van der Waals surface area contributed by atoms with Gasteiger partial charge in [0.05, 0.1) is 0 Å². The van der Waals surface area contributed by atoms with Gasteiger partial charge < -0.3 is 19.3 Å². The van der Waals surface area contributed by atoms with Crippen LogP contribution in [0, 0.1) is 13.8 Å². The molecule has 0 amide bonds. The van der Waals surface area contributed by atoms with Crippen LogP contribution in [-0.2, 0) is 10.8 Å². The second-order valence-corrected chi connectivity index (χ2v) is 10.6. The number of benzene rings is 3. The van der Waals surface area contributed by atoms with Gasteiger partial charge in [-0.05, 0) is 60.6 Å². The maximum Gasteiger partial charge on any atom is 0.519 e. The highest BCUT2D eigenvalue weighted by atomic mass is 16.7. The molecule has 6 heteroatoms. The molecular formula is C30H36O6. The highest BCUT2D eigenvalue weighted by molar-refractivity contribution is 5.67. The van der Waals surface area contributed by atoms with Gasteiger partial charge in [0, 0.05) is 5.56 Å². The van der Waals surface area contributed by atoms with E-state index in [4.69, 9.17) is 19.3 Å². The zero-order valence-electron chi connectivity index (χ0n) is 22.3. The van der Waals surface area contributed by atoms with Crippen LogP contribution in [0.25, 0.3) is 0 Å². The van der Waals surface area contributed by atoms with Crippen LogP contribution in [-0.4, -0.2) is 17.4 Å². The number of hydrogen-bond donors (Lipinski definition) is 1. The van der Waals surface area contributed by atoms with Crippen molar-refractivity contribution in [1.82, 2.24) is 0 Å². The first-order valence-electron chi connectivity index (χ1n) is 11.7. The molecule has 0 bridgehead atoms. The van der Waals surface area contributed by atoms with Crippen molar-refractivity contribution in [2.45, 2.75) is 66.2 Å². The van der Waals surface area contributed by atoms with Crippen molar-refractivity contribution in [3.63, 3.8) is 0 Å². The number of carbonyl (C=O) groups excluding carboxylic acids is 1. The van der Waals surface area contributed by atoms with E-state index in [1.807, 2.05) is 50.2 Å². The number of aryl methyl sites for hydroxylation is 2. The van der Waals surface area contributed by atoms with E-state index in [9.17, 15) is 9.59 Å². The van der Waals surface area contributed by atoms with Gasteiger partial charge in [0.2, 0.25) is 0 Å². The molecule has 0 spiro atoms. The largest absolute Gasteiger partial charge is 0.519 e. The van der Waals surface area contributed by atoms with Crippen molar-refractivity contribution >= 4 is 12.3 Å². The first-order valence-corrected chi connectivity index (χ1v) is 11.7. The molecule has 0 aliphatic heterocycles. The standard InChI is InChI=1S/C15H14O3.C15H22O3/c1-11-3-7-13(8-4-11)17-15(16)18-14-9-5-12(2)6-10-14;1-14(2,3)10-8-7-9-11(18-13(16)17)12(10)15(4,5)6/h3-10H,1-2H3;7-9H,1-6H3,(H,16,17). The quantitative estimate of drug-likeness (QED) is 0.293. The maximum absolute atomic E-state index is 11.5. The fourth-order valence-electron chi connectivity index (χ4n) is 3.53. The van der Waals surface area contributed by atoms with E-state index in [1.54, 1.807) is 30.3 Å². The Morgan fingerprint density at radius 3 is 1.44 bits per heavy atom. The fraction of sp³-hybridized carbons (Fsp3) is 0.333. The minimum Gasteiger partial charge on any atom is -0.449 e. The van der Waals surface area contributed by atoms with E-state index in [0.717, 1.165) is 22.3 Å². The minimum atomic E-state index is -1.27. The van der Waals surface area contributed by atoms with Crippen LogP contribution in [0.2, 0.25) is 0 Å². The average Bonchev–Trinajstić information content (AvgIpc) is 2.75. The predicted molar refractivity (Wildman–Crippen MR) is 142 cm³/mol. The summed E-state index contributed by atoms with van der Waals surface area (Å²) in [5.74, 6) is 1.37. The molecule has 0 fully saturated rings. The summed E-state index contributed by atoms with van der Waals surface area (Å²) in [5, 5.41) is 8.83. The summed E-state index contributed by atoms with van der Waals surface area (Å²) in [6.45, 7) is 16.5. The summed E-state index contributed by atoms with van der Waals surface area (Å²) >= 11 is 0. The van der Waals surface area contributed by atoms with Crippen molar-refractivity contribution in [1.29, 1.82) is 0 Å². The third-order valence-corrected chi connectivity index (χ3v) is 5.23. The van der Waals surface area contributed by atoms with Gasteiger partial charge in [-0.1, -0.05) is 89.1 Å². The molecule has 6 nitrogen and oxygen atoms in total. The van der Waals surface area contributed by atoms with E-state index in [1.165, 1.54) is 0 Å². The van der Waals surface area contributed by atoms with Crippen LogP contribution in [0.3, 0.4) is 0 Å². The van der Waals surface area contributed by atoms with Crippen molar-refractivity contribution in [3.8, 4) is 17.2 Å². The second kappa shape index (κ2) is 11.8. The lowest BCUT2D eigenvalue weighted by atomic mass is 9.75. The van der Waals surface area contributed by atoms with Crippen LogP contribution in [0.4, 0.5) is 9.59 Å². The lowest BCUT2D eigenvalue weighted by Gasteiger charge is -2.31. The summed E-state index contributed by atoms with van der Waals surface area (Å²) in [6, 6.07) is 20.0. The van der Waals surface area contributed by atoms with Crippen LogP contribution in [0.15, 0.2) is 66.7 Å². The smallest absolute Gasteiger partial charge is 0.449 e. The molecule has 0 atom stereocenters. The van der Waals surface area contributed by atoms with Gasteiger partial charge in [-0.2, -0.15) is 0 Å². The van der Waals surface area contributed by atoms with Gasteiger partial charge in [0.15, 0.2) is 0 Å². The Morgan fingerprint density at radius 1 is 0.639 bits per heavy atom. The first kappa shape index (κ1) is 28.4. The molecule has 0 heterocycles. The van der Waals surface area contributed by atoms with E-state index >= 15 is 0 Å². The van der Waals surface area contributed by atoms with Crippen LogP contribution in [0.1, 0.15) is 63.8 Å². The number of carbonyl (C=O) groups is 2. The Morgan fingerprint density at radius 2 is 1.08 bits per heavy atom. The number of carboxylic acid groups (broad SMARTS) is 1. The maximum atomic E-state index is 11.5. The number of ether oxygens (including phenoxy) is 3. The fourth-order valence-corrected chi connectivity index (χ4v) is 3.53. The molecule has 36 heavy (non-hydrogen) atoms. The van der Waals surface area contributed by atoms with Gasteiger partial charge in [-0.25, -0.2) is 9.59 Å². The molecule has 3 aromatic carbocycles. The lowest BCUT2D eigenvalue weighted by molar-refractivity contribution is 0.143. The first-order chi connectivity index (χ1) is 16.7. The van der Waals surface area contributed by atoms with Gasteiger partial charge >= 0.3 is 12.3 Å². The summed E-state index contributed by atoms with van der Waals surface area (Å²) in [5.41, 5.74) is 4.06. The number of rotatable bonds is 3. The van der Waals surface area contributed by atoms with Crippen molar-refractivity contribution < 1.29 is 28.9 Å². The highest BCUT2D eigenvalue weighted by Crippen LogP contribution is 2.39. The Hall–Kier alpha value is -3.80. The minimum absolute atomic E-state index is 0.0551. The molecule has 0 radical (unpaired) electrons. The lowest BCUT2D eigenvalue weighted by Crippen LogP contribution is -2.23. The van der Waals surface area contributed by atoms with E-state index < -0.39 is 12.3 Å². The molecule has 0 saturated heterocycles. The zero-order chi connectivity index (χ0) is 27.1. The molecule has 3 rings (SSSR count). The molecule has 0 unspecified atom stereocenters. The number of hydrogen-bond acceptors (Lipinski definition) is 5. The molecule has 1 N–H and O–H groups in total. The molecule has 0 aromatic heterocycles. The topological polar surface area (TPSA) is 82.1 Å². The van der Waals surface area contributed by atoms with E-state index in [-0.39, 0.29) is 10.8 Å². The molecule has 0 saturated carbocycles. The SMILES string of the molecule is CC(C)(C)c1cccc(OC(=O)O)c1C(C)(C)C.Cc1ccc(OC(=O)Oc2ccc(C)cc2)cc1. The third kappa shape index (κ3) is 8.77. The van der Waals surface area contributed by atoms with Crippen molar-refractivity contribution in [2.24, 2.45) is 0 Å². The second-order valence-electron chi connectivity index (χ2n) is 10.6. The Bertz CT molecular complexity index is 1110. The van der Waals surface area contributed by atoms with Crippen molar-refractivity contribution in [2.75, 3.05) is 0 Å². The third-order valence-electron chi connectivity index (χ3n) is 5.23. The molecule has 0 aliphatic carbocycles. The van der Waals surface area contributed by atoms with E-state index in [0.29, 0.717) is 17.2 Å². The van der Waals surface area contributed by atoms with Gasteiger partial charge in [0.1, 0.15) is 17.2 Å². The highest BCUT2D eigenvalue weighted by Gasteiger charge is 2.29. The summed E-state index contributed by atoms with van der Waals surface area (Å²) < 4.78 is 15.0. The monoisotopic (exact) mass is 492 g/mol. The molecule has 0 aliphatic rings. The van der Waals surface area contributed by atoms with Crippen molar-refractivity contribution in [3.05, 3.63) is 89.0 Å². The van der Waals surface area contributed by atoms with Crippen LogP contribution in [0.5, 0.6) is 17.2 Å². The molecule has 192 valence electrons. The van der Waals surface area contributed by atoms with Crippen LogP contribution >= 0.6 is 0 Å². The molecule has 3 aromatic rings. The molecular weight excluding hydrogens is 456 g/mol. The van der Waals surface area contributed by atoms with Gasteiger partial charge in [-0.3, -0.25) is 0 Å². The van der Waals surface area contributed by atoms with Gasteiger partial charge in [0.25, 0.3) is 0 Å². The summed E-state index contributed by atoms with van der Waals surface area (Å²) in [4.78, 5) is 22.3. The Balaban J connectivity index is 0.000000254. The van der Waals surface area contributed by atoms with Gasteiger partial charge in [-0.15, -0.1) is 0 Å².